The van der Waals surface area contributed by atoms with E-state index in [0.29, 0.717) is 6.04 Å². The number of quaternary nitrogens is 1. The summed E-state index contributed by atoms with van der Waals surface area (Å²) in [6, 6.07) is 22.7. The van der Waals surface area contributed by atoms with Crippen LogP contribution in [0.3, 0.4) is 0 Å². The van der Waals surface area contributed by atoms with Crippen molar-refractivity contribution in [2.45, 2.75) is 6.04 Å². The van der Waals surface area contributed by atoms with Crippen LogP contribution in [0.15, 0.2) is 60.7 Å². The molecule has 2 aromatic carbocycles. The minimum Gasteiger partial charge on any atom is -1.00 e. The molecule has 5 rings (SSSR count). The normalized spacial score (nSPS) is 26.7. The topological polar surface area (TPSA) is 3.24 Å². The second-order valence-corrected chi connectivity index (χ2v) is 6.45. The molecule has 116 valence electrons. The van der Waals surface area contributed by atoms with Gasteiger partial charge in [0.05, 0.1) is 19.6 Å². The monoisotopic (exact) mass is 358 g/mol. The van der Waals surface area contributed by atoms with Crippen molar-refractivity contribution in [3.05, 3.63) is 71.8 Å². The molecule has 0 radical (unpaired) electrons. The summed E-state index contributed by atoms with van der Waals surface area (Å²) in [6.07, 6.45) is 0. The lowest BCUT2D eigenvalue weighted by atomic mass is 9.92. The Morgan fingerprint density at radius 2 is 1.09 bits per heavy atom. The van der Waals surface area contributed by atoms with Gasteiger partial charge in [0.15, 0.2) is 0 Å². The first-order chi connectivity index (χ1) is 10.4. The number of hydrogen-bond acceptors (Lipinski definition) is 1. The molecule has 3 aliphatic rings. The van der Waals surface area contributed by atoms with Gasteiger partial charge in [-0.05, 0) is 0 Å². The Kier molecular flexibility index (Phi) is 4.67. The molecule has 0 unspecified atom stereocenters. The van der Waals surface area contributed by atoms with Crippen molar-refractivity contribution in [2.75, 3.05) is 39.3 Å². The third kappa shape index (κ3) is 2.73. The first kappa shape index (κ1) is 15.7. The van der Waals surface area contributed by atoms with Crippen LogP contribution in [0.4, 0.5) is 0 Å². The molecule has 2 aromatic rings. The molecule has 22 heavy (non-hydrogen) atoms. The van der Waals surface area contributed by atoms with Crippen LogP contribution in [0.5, 0.6) is 0 Å². The highest BCUT2D eigenvalue weighted by atomic mass is 79.9. The summed E-state index contributed by atoms with van der Waals surface area (Å²) < 4.78 is 1.24. The summed E-state index contributed by atoms with van der Waals surface area (Å²) in [5.74, 6) is 0. The molecule has 0 aliphatic carbocycles. The van der Waals surface area contributed by atoms with E-state index in [0.717, 1.165) is 0 Å². The third-order valence-corrected chi connectivity index (χ3v) is 5.36. The summed E-state index contributed by atoms with van der Waals surface area (Å²) in [6.45, 7) is 7.64. The van der Waals surface area contributed by atoms with Gasteiger partial charge in [0.25, 0.3) is 0 Å². The zero-order valence-electron chi connectivity index (χ0n) is 12.9. The van der Waals surface area contributed by atoms with Gasteiger partial charge in [-0.15, -0.1) is 0 Å². The van der Waals surface area contributed by atoms with Gasteiger partial charge in [-0.3, -0.25) is 4.90 Å². The van der Waals surface area contributed by atoms with E-state index in [1.165, 1.54) is 54.9 Å². The lowest BCUT2D eigenvalue weighted by Crippen LogP contribution is -3.00. The van der Waals surface area contributed by atoms with E-state index in [2.05, 4.69) is 65.6 Å². The number of halogens is 1. The molecule has 3 saturated heterocycles. The van der Waals surface area contributed by atoms with Crippen LogP contribution >= 0.6 is 0 Å². The van der Waals surface area contributed by atoms with Crippen molar-refractivity contribution in [1.82, 2.24) is 4.90 Å². The summed E-state index contributed by atoms with van der Waals surface area (Å²) in [5.41, 5.74) is 2.94. The Morgan fingerprint density at radius 3 is 1.50 bits per heavy atom. The molecule has 0 N–H and O–H groups in total. The molecule has 0 saturated carbocycles. The van der Waals surface area contributed by atoms with Crippen molar-refractivity contribution >= 4 is 0 Å². The first-order valence-corrected chi connectivity index (χ1v) is 8.05. The molecule has 0 aromatic heterocycles. The number of nitrogens with zero attached hydrogens (tertiary/aromatic N) is 2. The van der Waals surface area contributed by atoms with Crippen LogP contribution in [0.2, 0.25) is 0 Å². The fourth-order valence-electron chi connectivity index (χ4n) is 4.18. The van der Waals surface area contributed by atoms with Crippen molar-refractivity contribution < 1.29 is 21.5 Å². The van der Waals surface area contributed by atoms with Crippen molar-refractivity contribution in [3.63, 3.8) is 0 Å². The minimum absolute atomic E-state index is 0. The van der Waals surface area contributed by atoms with Crippen LogP contribution in [-0.2, 0) is 0 Å². The van der Waals surface area contributed by atoms with Crippen LogP contribution < -0.4 is 17.0 Å². The van der Waals surface area contributed by atoms with E-state index in [-0.39, 0.29) is 17.0 Å². The highest BCUT2D eigenvalue weighted by Gasteiger charge is 2.45. The standard InChI is InChI=1S/C19H23N2.BrH/c1-3-7-17(8-4-1)19(18-9-5-2-6-10-18)21-14-11-20(12-15-21)13-16-21;/h1-10,19H,11-16H2;1H/q+1;/p-1. The van der Waals surface area contributed by atoms with E-state index in [1.54, 1.807) is 0 Å². The largest absolute Gasteiger partial charge is 1.00 e. The maximum absolute atomic E-state index is 2.62. The quantitative estimate of drug-likeness (QED) is 0.694. The molecule has 3 heterocycles. The maximum atomic E-state index is 2.62. The summed E-state index contributed by atoms with van der Waals surface area (Å²) >= 11 is 0. The van der Waals surface area contributed by atoms with Crippen LogP contribution in [0, 0.1) is 0 Å². The molecule has 3 aliphatic heterocycles. The molecule has 2 bridgehead atoms. The van der Waals surface area contributed by atoms with E-state index in [9.17, 15) is 0 Å². The van der Waals surface area contributed by atoms with Gasteiger partial charge in [0, 0.05) is 30.8 Å². The zero-order valence-corrected chi connectivity index (χ0v) is 14.5. The average molecular weight is 359 g/mol. The molecular weight excluding hydrogens is 336 g/mol. The Labute approximate surface area is 143 Å². The average Bonchev–Trinajstić information content (AvgIpc) is 2.58. The highest BCUT2D eigenvalue weighted by molar-refractivity contribution is 5.30. The van der Waals surface area contributed by atoms with Gasteiger partial charge < -0.3 is 21.5 Å². The van der Waals surface area contributed by atoms with Gasteiger partial charge >= 0.3 is 0 Å². The van der Waals surface area contributed by atoms with Crippen molar-refractivity contribution in [2.24, 2.45) is 0 Å². The summed E-state index contributed by atoms with van der Waals surface area (Å²) in [5, 5.41) is 0. The van der Waals surface area contributed by atoms with Crippen molar-refractivity contribution in [3.8, 4) is 0 Å². The number of piperazine rings is 3. The smallest absolute Gasteiger partial charge is 0.141 e. The van der Waals surface area contributed by atoms with Crippen molar-refractivity contribution in [1.29, 1.82) is 0 Å². The maximum Gasteiger partial charge on any atom is 0.141 e. The van der Waals surface area contributed by atoms with Gasteiger partial charge in [0.2, 0.25) is 0 Å². The summed E-state index contributed by atoms with van der Waals surface area (Å²) in [7, 11) is 0. The minimum atomic E-state index is 0. The predicted molar refractivity (Wildman–Crippen MR) is 86.0 cm³/mol. The van der Waals surface area contributed by atoms with E-state index in [1.807, 2.05) is 0 Å². The number of hydrogen-bond donors (Lipinski definition) is 0. The molecule has 0 amide bonds. The Morgan fingerprint density at radius 1 is 0.682 bits per heavy atom. The number of fused-ring (bicyclic) bond motifs is 3. The fourth-order valence-corrected chi connectivity index (χ4v) is 4.18. The Hall–Kier alpha value is -1.16. The lowest BCUT2D eigenvalue weighted by Gasteiger charge is -2.54. The number of benzene rings is 2. The van der Waals surface area contributed by atoms with E-state index in [4.69, 9.17) is 0 Å². The lowest BCUT2D eigenvalue weighted by molar-refractivity contribution is -0.963. The second kappa shape index (κ2) is 6.53. The molecule has 0 spiro atoms. The third-order valence-electron chi connectivity index (χ3n) is 5.36. The molecule has 2 nitrogen and oxygen atoms in total. The fraction of sp³-hybridized carbons (Fsp3) is 0.368. The molecular formula is C19H23BrN2. The second-order valence-electron chi connectivity index (χ2n) is 6.45. The van der Waals surface area contributed by atoms with Gasteiger partial charge in [-0.1, -0.05) is 60.7 Å². The highest BCUT2D eigenvalue weighted by Crippen LogP contribution is 2.38. The van der Waals surface area contributed by atoms with Gasteiger partial charge in [0.1, 0.15) is 6.04 Å². The number of rotatable bonds is 3. The SMILES string of the molecule is [Br-].c1ccc(C(c2ccccc2)[N+]23CCN(CC2)CC3)cc1. The summed E-state index contributed by atoms with van der Waals surface area (Å²) in [4.78, 5) is 2.62. The zero-order chi connectivity index (χ0) is 14.1. The van der Waals surface area contributed by atoms with Crippen LogP contribution in [0.25, 0.3) is 0 Å². The molecule has 0 atom stereocenters. The van der Waals surface area contributed by atoms with Gasteiger partial charge in [-0.25, -0.2) is 0 Å². The molecule has 3 fully saturated rings. The van der Waals surface area contributed by atoms with Crippen LogP contribution in [0.1, 0.15) is 17.2 Å². The Bertz CT molecular complexity index is 538. The first-order valence-electron chi connectivity index (χ1n) is 8.05. The molecule has 3 heteroatoms. The predicted octanol–water partition coefficient (Wildman–Crippen LogP) is -0.0740. The van der Waals surface area contributed by atoms with Gasteiger partial charge in [-0.2, -0.15) is 0 Å². The Balaban J connectivity index is 0.00000144. The van der Waals surface area contributed by atoms with Crippen LogP contribution in [-0.4, -0.2) is 48.7 Å². The van der Waals surface area contributed by atoms with E-state index < -0.39 is 0 Å². The van der Waals surface area contributed by atoms with E-state index >= 15 is 0 Å².